The molecule has 0 atom stereocenters. The van der Waals surface area contributed by atoms with Crippen molar-refractivity contribution < 1.29 is 0 Å². The number of pyridine rings is 1. The Morgan fingerprint density at radius 3 is 2.62 bits per heavy atom. The third-order valence-corrected chi connectivity index (χ3v) is 4.50. The summed E-state index contributed by atoms with van der Waals surface area (Å²) in [6.45, 7) is 6.06. The average Bonchev–Trinajstić information content (AvgIpc) is 2.55. The summed E-state index contributed by atoms with van der Waals surface area (Å²) in [5, 5.41) is 0.656. The number of aryl methyl sites for hydroxylation is 1. The van der Waals surface area contributed by atoms with Gasteiger partial charge in [-0.2, -0.15) is 0 Å². The lowest BCUT2D eigenvalue weighted by Crippen LogP contribution is -2.48. The van der Waals surface area contributed by atoms with Crippen molar-refractivity contribution in [1.29, 1.82) is 0 Å². The molecular formula is C16H20ClN5O2. The van der Waals surface area contributed by atoms with Crippen LogP contribution >= 0.6 is 11.6 Å². The van der Waals surface area contributed by atoms with Gasteiger partial charge in [0.05, 0.1) is 5.02 Å². The molecule has 3 rings (SSSR count). The van der Waals surface area contributed by atoms with Crippen molar-refractivity contribution in [2.24, 2.45) is 0 Å². The Hall–Kier alpha value is -2.12. The number of anilines is 1. The van der Waals surface area contributed by atoms with Crippen LogP contribution in [0.2, 0.25) is 5.02 Å². The van der Waals surface area contributed by atoms with E-state index in [4.69, 9.17) is 11.6 Å². The van der Waals surface area contributed by atoms with E-state index in [1.807, 2.05) is 12.1 Å². The molecule has 1 aliphatic heterocycles. The Kier molecular flexibility index (Phi) is 5.01. The zero-order valence-corrected chi connectivity index (χ0v) is 14.3. The molecule has 1 N–H and O–H groups in total. The molecule has 24 heavy (non-hydrogen) atoms. The van der Waals surface area contributed by atoms with Crippen LogP contribution in [0.15, 0.2) is 34.0 Å². The number of piperazine rings is 1. The summed E-state index contributed by atoms with van der Waals surface area (Å²) < 4.78 is 1.25. The van der Waals surface area contributed by atoms with E-state index in [1.165, 1.54) is 10.6 Å². The summed E-state index contributed by atoms with van der Waals surface area (Å²) in [6.07, 6.45) is 1.74. The van der Waals surface area contributed by atoms with Gasteiger partial charge in [-0.1, -0.05) is 11.6 Å². The van der Waals surface area contributed by atoms with Crippen LogP contribution < -0.4 is 16.1 Å². The fourth-order valence-electron chi connectivity index (χ4n) is 2.88. The molecule has 0 saturated carbocycles. The first-order valence-corrected chi connectivity index (χ1v) is 8.31. The lowest BCUT2D eigenvalue weighted by Gasteiger charge is -2.35. The van der Waals surface area contributed by atoms with Crippen molar-refractivity contribution in [2.45, 2.75) is 13.5 Å². The van der Waals surface area contributed by atoms with Gasteiger partial charge < -0.3 is 9.88 Å². The normalized spacial score (nSPS) is 15.7. The lowest BCUT2D eigenvalue weighted by atomic mass is 10.3. The molecule has 0 spiro atoms. The van der Waals surface area contributed by atoms with Crippen LogP contribution in [0, 0.1) is 6.92 Å². The zero-order valence-electron chi connectivity index (χ0n) is 13.5. The minimum Gasteiger partial charge on any atom is -0.353 e. The van der Waals surface area contributed by atoms with Crippen molar-refractivity contribution in [3.63, 3.8) is 0 Å². The number of aromatic nitrogens is 3. The number of H-pyrrole nitrogens is 1. The lowest BCUT2D eigenvalue weighted by molar-refractivity contribution is 0.245. The van der Waals surface area contributed by atoms with Gasteiger partial charge in [-0.15, -0.1) is 0 Å². The summed E-state index contributed by atoms with van der Waals surface area (Å²) in [7, 11) is 0. The molecule has 8 heteroatoms. The van der Waals surface area contributed by atoms with E-state index < -0.39 is 0 Å². The van der Waals surface area contributed by atoms with E-state index in [0.717, 1.165) is 32.0 Å². The molecule has 0 bridgehead atoms. The first-order chi connectivity index (χ1) is 11.5. The second-order valence-electron chi connectivity index (χ2n) is 5.88. The molecule has 0 aliphatic carbocycles. The number of hydrogen-bond donors (Lipinski definition) is 1. The van der Waals surface area contributed by atoms with Gasteiger partial charge in [-0.3, -0.25) is 14.3 Å². The highest BCUT2D eigenvalue weighted by atomic mass is 35.5. The molecule has 128 valence electrons. The van der Waals surface area contributed by atoms with E-state index in [-0.39, 0.29) is 11.2 Å². The van der Waals surface area contributed by atoms with Crippen molar-refractivity contribution >= 4 is 17.4 Å². The highest BCUT2D eigenvalue weighted by Crippen LogP contribution is 2.23. The Bertz CT molecular complexity index is 792. The van der Waals surface area contributed by atoms with Crippen LogP contribution in [0.3, 0.4) is 0 Å². The second kappa shape index (κ2) is 7.19. The van der Waals surface area contributed by atoms with Gasteiger partial charge in [0, 0.05) is 57.2 Å². The van der Waals surface area contributed by atoms with Crippen LogP contribution in [0.4, 0.5) is 5.82 Å². The summed E-state index contributed by atoms with van der Waals surface area (Å²) in [5.41, 5.74) is -0.0174. The van der Waals surface area contributed by atoms with Crippen LogP contribution in [-0.2, 0) is 6.54 Å². The highest BCUT2D eigenvalue weighted by molar-refractivity contribution is 6.32. The Balaban J connectivity index is 1.58. The average molecular weight is 350 g/mol. The number of halogens is 1. The SMILES string of the molecule is Cc1cc(=O)n(CCN2CCN(c3ncccc3Cl)CC2)c(=O)[nH]1. The van der Waals surface area contributed by atoms with E-state index >= 15 is 0 Å². The molecule has 3 heterocycles. The predicted molar refractivity (Wildman–Crippen MR) is 94.0 cm³/mol. The first kappa shape index (κ1) is 16.7. The van der Waals surface area contributed by atoms with E-state index in [0.29, 0.717) is 23.8 Å². The maximum Gasteiger partial charge on any atom is 0.328 e. The Morgan fingerprint density at radius 2 is 1.96 bits per heavy atom. The molecule has 1 fully saturated rings. The number of rotatable bonds is 4. The van der Waals surface area contributed by atoms with Crippen LogP contribution in [0.1, 0.15) is 5.69 Å². The fourth-order valence-corrected chi connectivity index (χ4v) is 3.12. The molecule has 1 aliphatic rings. The van der Waals surface area contributed by atoms with Crippen LogP contribution in [-0.4, -0.2) is 52.2 Å². The van der Waals surface area contributed by atoms with Crippen molar-refractivity contribution in [2.75, 3.05) is 37.6 Å². The number of hydrogen-bond acceptors (Lipinski definition) is 5. The number of nitrogens with one attached hydrogen (secondary N) is 1. The van der Waals surface area contributed by atoms with E-state index in [1.54, 1.807) is 13.1 Å². The van der Waals surface area contributed by atoms with Gasteiger partial charge in [0.1, 0.15) is 5.82 Å². The highest BCUT2D eigenvalue weighted by Gasteiger charge is 2.19. The smallest absolute Gasteiger partial charge is 0.328 e. The van der Waals surface area contributed by atoms with E-state index in [9.17, 15) is 9.59 Å². The van der Waals surface area contributed by atoms with Gasteiger partial charge in [-0.25, -0.2) is 9.78 Å². The summed E-state index contributed by atoms with van der Waals surface area (Å²) >= 11 is 6.19. The van der Waals surface area contributed by atoms with Crippen LogP contribution in [0.5, 0.6) is 0 Å². The van der Waals surface area contributed by atoms with Gasteiger partial charge in [0.15, 0.2) is 0 Å². The maximum atomic E-state index is 11.9. The summed E-state index contributed by atoms with van der Waals surface area (Å²) in [5.74, 6) is 0.810. The third-order valence-electron chi connectivity index (χ3n) is 4.21. The standard InChI is InChI=1S/C16H20ClN5O2/c1-12-11-14(23)22(16(24)19-12)10-7-20-5-8-21(9-6-20)15-13(17)3-2-4-18-15/h2-4,11H,5-10H2,1H3,(H,19,24). The monoisotopic (exact) mass is 349 g/mol. The molecule has 0 aromatic carbocycles. The third kappa shape index (κ3) is 3.68. The van der Waals surface area contributed by atoms with Crippen molar-refractivity contribution in [1.82, 2.24) is 19.4 Å². The zero-order chi connectivity index (χ0) is 17.1. The number of nitrogens with zero attached hydrogens (tertiary/aromatic N) is 4. The Labute approximate surface area is 144 Å². The minimum absolute atomic E-state index is 0.254. The molecule has 2 aromatic heterocycles. The summed E-state index contributed by atoms with van der Waals surface area (Å²) in [4.78, 5) is 35.2. The fraction of sp³-hybridized carbons (Fsp3) is 0.438. The molecule has 7 nitrogen and oxygen atoms in total. The molecule has 0 radical (unpaired) electrons. The first-order valence-electron chi connectivity index (χ1n) is 7.93. The van der Waals surface area contributed by atoms with Gasteiger partial charge in [0.2, 0.25) is 0 Å². The topological polar surface area (TPSA) is 74.2 Å². The van der Waals surface area contributed by atoms with Gasteiger partial charge >= 0.3 is 5.69 Å². The minimum atomic E-state index is -0.348. The number of aromatic amines is 1. The largest absolute Gasteiger partial charge is 0.353 e. The van der Waals surface area contributed by atoms with E-state index in [2.05, 4.69) is 19.8 Å². The molecule has 2 aromatic rings. The Morgan fingerprint density at radius 1 is 1.21 bits per heavy atom. The maximum absolute atomic E-state index is 11.9. The van der Waals surface area contributed by atoms with Crippen LogP contribution in [0.25, 0.3) is 0 Å². The van der Waals surface area contributed by atoms with Crippen molar-refractivity contribution in [3.8, 4) is 0 Å². The molecule has 1 saturated heterocycles. The molecule has 0 amide bonds. The van der Waals surface area contributed by atoms with Gasteiger partial charge in [-0.05, 0) is 19.1 Å². The summed E-state index contributed by atoms with van der Waals surface area (Å²) in [6, 6.07) is 5.10. The molecule has 0 unspecified atom stereocenters. The van der Waals surface area contributed by atoms with Crippen molar-refractivity contribution in [3.05, 3.63) is 56.0 Å². The quantitative estimate of drug-likeness (QED) is 0.880. The predicted octanol–water partition coefficient (Wildman–Crippen LogP) is 0.716. The molecular weight excluding hydrogens is 330 g/mol. The second-order valence-corrected chi connectivity index (χ2v) is 6.29. The van der Waals surface area contributed by atoms with Gasteiger partial charge in [0.25, 0.3) is 5.56 Å².